The lowest BCUT2D eigenvalue weighted by atomic mass is 9.98. The van der Waals surface area contributed by atoms with E-state index in [-0.39, 0.29) is 12.5 Å². The predicted octanol–water partition coefficient (Wildman–Crippen LogP) is 2.44. The Morgan fingerprint density at radius 2 is 2.23 bits per heavy atom. The van der Waals surface area contributed by atoms with E-state index >= 15 is 0 Å². The number of aryl methyl sites for hydroxylation is 1. The van der Waals surface area contributed by atoms with Gasteiger partial charge >= 0.3 is 0 Å². The fraction of sp³-hybridized carbons (Fsp3) is 0.375. The minimum Gasteiger partial charge on any atom is -0.384 e. The molecule has 6 heteroatoms. The maximum absolute atomic E-state index is 12.4. The first kappa shape index (κ1) is 14.9. The summed E-state index contributed by atoms with van der Waals surface area (Å²) in [5.74, 6) is 0.867. The number of halogens is 1. The zero-order chi connectivity index (χ0) is 15.7. The van der Waals surface area contributed by atoms with Crippen LogP contribution >= 0.6 is 11.6 Å². The lowest BCUT2D eigenvalue weighted by Crippen LogP contribution is -2.32. The molecule has 1 amide bonds. The second-order valence-electron chi connectivity index (χ2n) is 5.72. The van der Waals surface area contributed by atoms with Gasteiger partial charge in [-0.3, -0.25) is 4.79 Å². The summed E-state index contributed by atoms with van der Waals surface area (Å²) in [4.78, 5) is 14.3. The summed E-state index contributed by atoms with van der Waals surface area (Å²) < 4.78 is 1.56. The number of hydrogen-bond donors (Lipinski definition) is 1. The van der Waals surface area contributed by atoms with E-state index in [9.17, 15) is 4.79 Å². The standard InChI is InChI=1S/C16H19ClN4O/c1-11-8-15(18)21(19-11)10-16(22)20-7-6-12(9-20)13-4-2-3-5-14(13)17/h2-5,8,12H,6-7,9-10,18H2,1H3/t12-/m0/s1. The Labute approximate surface area is 134 Å². The number of aromatic nitrogens is 2. The third kappa shape index (κ3) is 2.95. The van der Waals surface area contributed by atoms with Gasteiger partial charge in [0.2, 0.25) is 5.91 Å². The molecule has 1 aliphatic rings. The van der Waals surface area contributed by atoms with Crippen LogP contribution in [0.2, 0.25) is 5.02 Å². The van der Waals surface area contributed by atoms with Crippen molar-refractivity contribution in [3.63, 3.8) is 0 Å². The first-order chi connectivity index (χ1) is 10.5. The normalized spacial score (nSPS) is 17.9. The van der Waals surface area contributed by atoms with Crippen LogP contribution in [-0.4, -0.2) is 33.7 Å². The molecular formula is C16H19ClN4O. The van der Waals surface area contributed by atoms with Gasteiger partial charge in [0, 0.05) is 30.1 Å². The number of hydrogen-bond acceptors (Lipinski definition) is 3. The Bertz CT molecular complexity index is 697. The van der Waals surface area contributed by atoms with Crippen molar-refractivity contribution in [2.75, 3.05) is 18.8 Å². The molecule has 5 nitrogen and oxygen atoms in total. The summed E-state index contributed by atoms with van der Waals surface area (Å²) in [5, 5.41) is 5.01. The maximum atomic E-state index is 12.4. The Morgan fingerprint density at radius 3 is 2.91 bits per heavy atom. The molecule has 3 rings (SSSR count). The van der Waals surface area contributed by atoms with Gasteiger partial charge in [-0.1, -0.05) is 29.8 Å². The Morgan fingerprint density at radius 1 is 1.45 bits per heavy atom. The highest BCUT2D eigenvalue weighted by Gasteiger charge is 2.28. The highest BCUT2D eigenvalue weighted by molar-refractivity contribution is 6.31. The van der Waals surface area contributed by atoms with Crippen molar-refractivity contribution in [3.8, 4) is 0 Å². The molecule has 1 aromatic carbocycles. The van der Waals surface area contributed by atoms with Crippen LogP contribution in [0.15, 0.2) is 30.3 Å². The molecule has 22 heavy (non-hydrogen) atoms. The Balaban J connectivity index is 1.66. The summed E-state index contributed by atoms with van der Waals surface area (Å²) >= 11 is 6.25. The van der Waals surface area contributed by atoms with Gasteiger partial charge in [-0.15, -0.1) is 0 Å². The van der Waals surface area contributed by atoms with Gasteiger partial charge < -0.3 is 10.6 Å². The van der Waals surface area contributed by atoms with Crippen molar-refractivity contribution in [1.82, 2.24) is 14.7 Å². The van der Waals surface area contributed by atoms with Crippen LogP contribution in [0.4, 0.5) is 5.82 Å². The molecule has 2 N–H and O–H groups in total. The molecule has 1 aromatic heterocycles. The van der Waals surface area contributed by atoms with Crippen LogP contribution in [0.25, 0.3) is 0 Å². The molecular weight excluding hydrogens is 300 g/mol. The SMILES string of the molecule is Cc1cc(N)n(CC(=O)N2CC[C@H](c3ccccc3Cl)C2)n1. The quantitative estimate of drug-likeness (QED) is 0.945. The third-order valence-corrected chi connectivity index (χ3v) is 4.45. The monoisotopic (exact) mass is 318 g/mol. The van der Waals surface area contributed by atoms with Gasteiger partial charge in [0.1, 0.15) is 12.4 Å². The number of nitrogens with zero attached hydrogens (tertiary/aromatic N) is 3. The molecule has 0 spiro atoms. The van der Waals surface area contributed by atoms with Gasteiger partial charge in [-0.2, -0.15) is 5.10 Å². The fourth-order valence-corrected chi connectivity index (χ4v) is 3.26. The van der Waals surface area contributed by atoms with Crippen LogP contribution in [0, 0.1) is 6.92 Å². The van der Waals surface area contributed by atoms with Crippen molar-refractivity contribution in [2.45, 2.75) is 25.8 Å². The molecule has 2 aromatic rings. The molecule has 0 bridgehead atoms. The van der Waals surface area contributed by atoms with Crippen molar-refractivity contribution in [3.05, 3.63) is 46.6 Å². The zero-order valence-corrected chi connectivity index (χ0v) is 13.3. The molecule has 0 radical (unpaired) electrons. The van der Waals surface area contributed by atoms with Gasteiger partial charge in [-0.05, 0) is 25.0 Å². The van der Waals surface area contributed by atoms with Crippen LogP contribution < -0.4 is 5.73 Å². The number of anilines is 1. The van der Waals surface area contributed by atoms with E-state index in [0.717, 1.165) is 29.2 Å². The number of likely N-dealkylation sites (tertiary alicyclic amines) is 1. The van der Waals surface area contributed by atoms with E-state index in [4.69, 9.17) is 17.3 Å². The predicted molar refractivity (Wildman–Crippen MR) is 86.8 cm³/mol. The van der Waals surface area contributed by atoms with Crippen molar-refractivity contribution >= 4 is 23.3 Å². The molecule has 0 unspecified atom stereocenters. The molecule has 0 aliphatic carbocycles. The average Bonchev–Trinajstić information content (AvgIpc) is 3.07. The lowest BCUT2D eigenvalue weighted by molar-refractivity contribution is -0.130. The molecule has 1 atom stereocenters. The van der Waals surface area contributed by atoms with Gasteiger partial charge in [-0.25, -0.2) is 4.68 Å². The van der Waals surface area contributed by atoms with Crippen molar-refractivity contribution in [2.24, 2.45) is 0 Å². The number of nitrogens with two attached hydrogens (primary N) is 1. The second-order valence-corrected chi connectivity index (χ2v) is 6.12. The van der Waals surface area contributed by atoms with E-state index in [0.29, 0.717) is 18.3 Å². The summed E-state index contributed by atoms with van der Waals surface area (Å²) in [5.41, 5.74) is 7.78. The first-order valence-electron chi connectivity index (χ1n) is 7.36. The minimum absolute atomic E-state index is 0.0457. The van der Waals surface area contributed by atoms with Crippen LogP contribution in [0.1, 0.15) is 23.6 Å². The van der Waals surface area contributed by atoms with E-state index < -0.39 is 0 Å². The minimum atomic E-state index is 0.0457. The van der Waals surface area contributed by atoms with E-state index in [1.165, 1.54) is 0 Å². The Kier molecular flexibility index (Phi) is 4.07. The lowest BCUT2D eigenvalue weighted by Gasteiger charge is -2.17. The number of rotatable bonds is 3. The van der Waals surface area contributed by atoms with E-state index in [1.807, 2.05) is 36.1 Å². The molecule has 116 valence electrons. The topological polar surface area (TPSA) is 64.2 Å². The summed E-state index contributed by atoms with van der Waals surface area (Å²) in [6, 6.07) is 9.61. The summed E-state index contributed by atoms with van der Waals surface area (Å²) in [7, 11) is 0. The van der Waals surface area contributed by atoms with Crippen molar-refractivity contribution < 1.29 is 4.79 Å². The highest BCUT2D eigenvalue weighted by Crippen LogP contribution is 2.32. The molecule has 1 saturated heterocycles. The number of nitrogen functional groups attached to an aromatic ring is 1. The third-order valence-electron chi connectivity index (χ3n) is 4.10. The van der Waals surface area contributed by atoms with E-state index in [2.05, 4.69) is 5.10 Å². The number of amides is 1. The molecule has 1 fully saturated rings. The van der Waals surface area contributed by atoms with Gasteiger partial charge in [0.15, 0.2) is 0 Å². The Hall–Kier alpha value is -2.01. The van der Waals surface area contributed by atoms with Crippen LogP contribution in [-0.2, 0) is 11.3 Å². The number of carbonyl (C=O) groups excluding carboxylic acids is 1. The molecule has 0 saturated carbocycles. The van der Waals surface area contributed by atoms with E-state index in [1.54, 1.807) is 10.7 Å². The first-order valence-corrected chi connectivity index (χ1v) is 7.74. The second kappa shape index (κ2) is 6.01. The average molecular weight is 319 g/mol. The number of carbonyl (C=O) groups is 1. The van der Waals surface area contributed by atoms with Crippen LogP contribution in [0.3, 0.4) is 0 Å². The zero-order valence-electron chi connectivity index (χ0n) is 12.5. The van der Waals surface area contributed by atoms with Gasteiger partial charge in [0.05, 0.1) is 5.69 Å². The largest absolute Gasteiger partial charge is 0.384 e. The maximum Gasteiger partial charge on any atom is 0.244 e. The summed E-state index contributed by atoms with van der Waals surface area (Å²) in [6.45, 7) is 3.49. The highest BCUT2D eigenvalue weighted by atomic mass is 35.5. The smallest absolute Gasteiger partial charge is 0.244 e. The molecule has 2 heterocycles. The van der Waals surface area contributed by atoms with Gasteiger partial charge in [0.25, 0.3) is 0 Å². The summed E-state index contributed by atoms with van der Waals surface area (Å²) in [6.07, 6.45) is 0.934. The molecule has 1 aliphatic heterocycles. The van der Waals surface area contributed by atoms with Crippen molar-refractivity contribution in [1.29, 1.82) is 0 Å². The fourth-order valence-electron chi connectivity index (χ4n) is 2.97. The number of benzene rings is 1. The van der Waals surface area contributed by atoms with Crippen LogP contribution in [0.5, 0.6) is 0 Å².